The van der Waals surface area contributed by atoms with Crippen LogP contribution >= 0.6 is 11.3 Å². The van der Waals surface area contributed by atoms with Gasteiger partial charge in [0.15, 0.2) is 5.13 Å². The quantitative estimate of drug-likeness (QED) is 0.823. The van der Waals surface area contributed by atoms with E-state index in [-0.39, 0.29) is 11.8 Å². The maximum atomic E-state index is 12.9. The lowest BCUT2D eigenvalue weighted by Gasteiger charge is -2.35. The van der Waals surface area contributed by atoms with E-state index in [0.717, 1.165) is 43.0 Å². The van der Waals surface area contributed by atoms with Gasteiger partial charge in [-0.15, -0.1) is 0 Å². The Morgan fingerprint density at radius 3 is 2.81 bits per heavy atom. The molecule has 1 aliphatic carbocycles. The van der Waals surface area contributed by atoms with Crippen LogP contribution in [0.25, 0.3) is 10.2 Å². The van der Waals surface area contributed by atoms with Crippen molar-refractivity contribution in [3.05, 3.63) is 23.3 Å². The number of anilines is 1. The highest BCUT2D eigenvalue weighted by molar-refractivity contribution is 7.22. The highest BCUT2D eigenvalue weighted by Crippen LogP contribution is 2.34. The second kappa shape index (κ2) is 7.78. The number of benzene rings is 1. The Morgan fingerprint density at radius 1 is 1.19 bits per heavy atom. The summed E-state index contributed by atoms with van der Waals surface area (Å²) in [6.07, 6.45) is 6.99. The van der Waals surface area contributed by atoms with Gasteiger partial charge in [-0.3, -0.25) is 4.79 Å². The summed E-state index contributed by atoms with van der Waals surface area (Å²) < 4.78 is 1.25. The molecule has 2 aromatic rings. The molecule has 146 valence electrons. The average Bonchev–Trinajstić information content (AvgIpc) is 3.08. The number of amides is 1. The van der Waals surface area contributed by atoms with E-state index >= 15 is 0 Å². The third-order valence-corrected chi connectivity index (χ3v) is 7.38. The lowest BCUT2D eigenvalue weighted by atomic mass is 9.85. The number of hydrogen-bond donors (Lipinski definition) is 1. The van der Waals surface area contributed by atoms with E-state index in [1.54, 1.807) is 11.3 Å². The average molecular weight is 386 g/mol. The van der Waals surface area contributed by atoms with E-state index in [2.05, 4.69) is 43.1 Å². The summed E-state index contributed by atoms with van der Waals surface area (Å²) in [6, 6.07) is 4.79. The third-order valence-electron chi connectivity index (χ3n) is 6.32. The van der Waals surface area contributed by atoms with E-state index in [0.29, 0.717) is 12.0 Å². The van der Waals surface area contributed by atoms with Gasteiger partial charge in [0.1, 0.15) is 0 Å². The Bertz CT molecular complexity index is 830. The van der Waals surface area contributed by atoms with Gasteiger partial charge in [-0.05, 0) is 62.6 Å². The van der Waals surface area contributed by atoms with Crippen LogP contribution in [0.4, 0.5) is 5.13 Å². The van der Waals surface area contributed by atoms with Crippen LogP contribution < -0.4 is 10.2 Å². The molecule has 1 aliphatic heterocycles. The van der Waals surface area contributed by atoms with Crippen molar-refractivity contribution in [2.24, 2.45) is 11.8 Å². The Balaban J connectivity index is 1.46. The predicted octanol–water partition coefficient (Wildman–Crippen LogP) is 4.82. The first-order valence-electron chi connectivity index (χ1n) is 10.4. The maximum Gasteiger partial charge on any atom is 0.225 e. The van der Waals surface area contributed by atoms with Crippen LogP contribution in [-0.4, -0.2) is 30.0 Å². The Kier molecular flexibility index (Phi) is 5.40. The van der Waals surface area contributed by atoms with Crippen LogP contribution in [0.5, 0.6) is 0 Å². The molecule has 2 fully saturated rings. The summed E-state index contributed by atoms with van der Waals surface area (Å²) in [5.74, 6) is 0.951. The minimum Gasteiger partial charge on any atom is -0.353 e. The lowest BCUT2D eigenvalue weighted by molar-refractivity contribution is -0.126. The fraction of sp³-hybridized carbons (Fsp3) is 0.636. The third kappa shape index (κ3) is 3.98. The summed E-state index contributed by atoms with van der Waals surface area (Å²) >= 11 is 1.77. The molecule has 0 spiro atoms. The molecule has 0 bridgehead atoms. The molecule has 1 N–H and O–H groups in total. The van der Waals surface area contributed by atoms with Crippen molar-refractivity contribution in [1.29, 1.82) is 0 Å². The number of piperidine rings is 1. The van der Waals surface area contributed by atoms with Gasteiger partial charge in [-0.25, -0.2) is 4.98 Å². The zero-order chi connectivity index (χ0) is 19.0. The molecule has 0 unspecified atom stereocenters. The minimum atomic E-state index is 0.0859. The summed E-state index contributed by atoms with van der Waals surface area (Å²) in [4.78, 5) is 20.1. The summed E-state index contributed by atoms with van der Waals surface area (Å²) in [5, 5.41) is 4.44. The topological polar surface area (TPSA) is 45.2 Å². The maximum absolute atomic E-state index is 12.9. The van der Waals surface area contributed by atoms with Gasteiger partial charge in [0.05, 0.1) is 16.1 Å². The zero-order valence-corrected chi connectivity index (χ0v) is 17.6. The van der Waals surface area contributed by atoms with E-state index in [4.69, 9.17) is 4.98 Å². The molecule has 2 heterocycles. The first-order chi connectivity index (χ1) is 13.0. The van der Waals surface area contributed by atoms with Crippen molar-refractivity contribution in [2.45, 2.75) is 65.3 Å². The van der Waals surface area contributed by atoms with Gasteiger partial charge in [-0.1, -0.05) is 37.2 Å². The van der Waals surface area contributed by atoms with Crippen LogP contribution in [0.2, 0.25) is 0 Å². The van der Waals surface area contributed by atoms with Crippen molar-refractivity contribution < 1.29 is 4.79 Å². The Hall–Kier alpha value is -1.62. The van der Waals surface area contributed by atoms with E-state index in [9.17, 15) is 4.79 Å². The molecule has 3 atom stereocenters. The van der Waals surface area contributed by atoms with Crippen molar-refractivity contribution >= 4 is 32.6 Å². The van der Waals surface area contributed by atoms with Crippen molar-refractivity contribution in [1.82, 2.24) is 10.3 Å². The Labute approximate surface area is 166 Å². The monoisotopic (exact) mass is 385 g/mol. The number of aryl methyl sites for hydroxylation is 2. The molecule has 1 aromatic heterocycles. The van der Waals surface area contributed by atoms with Gasteiger partial charge >= 0.3 is 0 Å². The molecule has 2 aliphatic rings. The molecule has 4 nitrogen and oxygen atoms in total. The first-order valence-corrected chi connectivity index (χ1v) is 11.3. The van der Waals surface area contributed by atoms with Crippen molar-refractivity contribution in [2.75, 3.05) is 18.0 Å². The van der Waals surface area contributed by atoms with Gasteiger partial charge in [-0.2, -0.15) is 0 Å². The molecule has 4 rings (SSSR count). The summed E-state index contributed by atoms with van der Waals surface area (Å²) in [5.41, 5.74) is 3.64. The number of hydrogen-bond acceptors (Lipinski definition) is 4. The molecular formula is C22H31N3OS. The number of fused-ring (bicyclic) bond motifs is 1. The second-order valence-electron chi connectivity index (χ2n) is 8.59. The van der Waals surface area contributed by atoms with E-state index in [1.165, 1.54) is 35.1 Å². The van der Waals surface area contributed by atoms with Gasteiger partial charge in [0.25, 0.3) is 0 Å². The number of nitrogens with one attached hydrogen (secondary N) is 1. The SMILES string of the molecule is Cc1cc(C)c2nc(N3CCC[C@H](C(=O)N[C@@H]4CCCC[C@@H]4C)C3)sc2c1. The van der Waals surface area contributed by atoms with E-state index < -0.39 is 0 Å². The van der Waals surface area contributed by atoms with Crippen LogP contribution in [-0.2, 0) is 4.79 Å². The van der Waals surface area contributed by atoms with Crippen LogP contribution in [0.1, 0.15) is 56.6 Å². The molecule has 0 radical (unpaired) electrons. The predicted molar refractivity (Wildman–Crippen MR) is 114 cm³/mol. The standard InChI is InChI=1S/C22H31N3OS/c1-14-11-16(3)20-19(12-14)27-22(24-20)25-10-6-8-17(13-25)21(26)23-18-9-5-4-7-15(18)2/h11-12,15,17-18H,4-10,13H2,1-3H3,(H,23,26)/t15-,17-,18+/m0/s1. The highest BCUT2D eigenvalue weighted by Gasteiger charge is 2.30. The molecule has 1 saturated heterocycles. The summed E-state index contributed by atoms with van der Waals surface area (Å²) in [7, 11) is 0. The molecule has 1 amide bonds. The molecule has 1 saturated carbocycles. The fourth-order valence-electron chi connectivity index (χ4n) is 4.69. The number of nitrogens with zero attached hydrogens (tertiary/aromatic N) is 2. The largest absolute Gasteiger partial charge is 0.353 e. The number of rotatable bonds is 3. The minimum absolute atomic E-state index is 0.0859. The van der Waals surface area contributed by atoms with Gasteiger partial charge in [0, 0.05) is 19.1 Å². The van der Waals surface area contributed by atoms with Crippen LogP contribution in [0.15, 0.2) is 12.1 Å². The molecule has 1 aromatic carbocycles. The van der Waals surface area contributed by atoms with Gasteiger partial charge in [0.2, 0.25) is 5.91 Å². The summed E-state index contributed by atoms with van der Waals surface area (Å²) in [6.45, 7) is 8.35. The van der Waals surface area contributed by atoms with Crippen molar-refractivity contribution in [3.8, 4) is 0 Å². The van der Waals surface area contributed by atoms with Gasteiger partial charge < -0.3 is 10.2 Å². The molecule has 5 heteroatoms. The smallest absolute Gasteiger partial charge is 0.225 e. The van der Waals surface area contributed by atoms with Crippen LogP contribution in [0, 0.1) is 25.7 Å². The molecular weight excluding hydrogens is 354 g/mol. The van der Waals surface area contributed by atoms with E-state index in [1.807, 2.05) is 0 Å². The second-order valence-corrected chi connectivity index (χ2v) is 9.60. The fourth-order valence-corrected chi connectivity index (χ4v) is 5.87. The number of aromatic nitrogens is 1. The zero-order valence-electron chi connectivity index (χ0n) is 16.8. The lowest BCUT2D eigenvalue weighted by Crippen LogP contribution is -2.48. The Morgan fingerprint density at radius 2 is 2.00 bits per heavy atom. The van der Waals surface area contributed by atoms with Crippen molar-refractivity contribution in [3.63, 3.8) is 0 Å². The number of thiazole rings is 1. The normalized spacial score (nSPS) is 26.3. The number of carbonyl (C=O) groups excluding carboxylic acids is 1. The number of carbonyl (C=O) groups is 1. The molecule has 27 heavy (non-hydrogen) atoms. The highest BCUT2D eigenvalue weighted by atomic mass is 32.1. The first kappa shape index (κ1) is 18.7. The van der Waals surface area contributed by atoms with Crippen LogP contribution in [0.3, 0.4) is 0 Å².